The maximum Gasteiger partial charge on any atom is 0.344 e. The highest BCUT2D eigenvalue weighted by atomic mass is 19.1. The minimum Gasteiger partial charge on any atom is -0.479 e. The van der Waals surface area contributed by atoms with Gasteiger partial charge >= 0.3 is 5.97 Å². The molecule has 0 aromatic heterocycles. The second-order valence-corrected chi connectivity index (χ2v) is 4.80. The zero-order chi connectivity index (χ0) is 15.5. The van der Waals surface area contributed by atoms with Crippen molar-refractivity contribution in [1.29, 1.82) is 0 Å². The molecule has 118 valence electrons. The fraction of sp³-hybridized carbons (Fsp3) is 0.562. The highest BCUT2D eigenvalue weighted by Gasteiger charge is 2.08. The number of esters is 1. The number of halogens is 1. The lowest BCUT2D eigenvalue weighted by Crippen LogP contribution is -2.16. The average Bonchev–Trinajstić information content (AvgIpc) is 2.47. The van der Waals surface area contributed by atoms with E-state index >= 15 is 0 Å². The maximum atomic E-state index is 13.8. The molecular weight excluding hydrogens is 273 g/mol. The number of ether oxygens (including phenoxy) is 2. The monoisotopic (exact) mass is 297 g/mol. The van der Waals surface area contributed by atoms with Gasteiger partial charge in [-0.1, -0.05) is 26.3 Å². The van der Waals surface area contributed by atoms with Gasteiger partial charge in [0.15, 0.2) is 18.2 Å². The Morgan fingerprint density at radius 3 is 2.76 bits per heavy atom. The van der Waals surface area contributed by atoms with Crippen molar-refractivity contribution in [3.05, 3.63) is 29.6 Å². The molecule has 0 fully saturated rings. The lowest BCUT2D eigenvalue weighted by Gasteiger charge is -2.09. The summed E-state index contributed by atoms with van der Waals surface area (Å²) in [5, 5.41) is 3.20. The van der Waals surface area contributed by atoms with Gasteiger partial charge in [0.25, 0.3) is 0 Å². The van der Waals surface area contributed by atoms with E-state index in [9.17, 15) is 9.18 Å². The average molecular weight is 297 g/mol. The van der Waals surface area contributed by atoms with Crippen molar-refractivity contribution in [2.24, 2.45) is 0 Å². The maximum absolute atomic E-state index is 13.8. The van der Waals surface area contributed by atoms with Crippen LogP contribution in [0.1, 0.15) is 38.7 Å². The predicted molar refractivity (Wildman–Crippen MR) is 79.8 cm³/mol. The molecule has 0 saturated carbocycles. The number of nitrogens with one attached hydrogen (secondary N) is 1. The minimum absolute atomic E-state index is 0.0710. The second kappa shape index (κ2) is 10.2. The van der Waals surface area contributed by atoms with E-state index in [1.54, 1.807) is 6.07 Å². The quantitative estimate of drug-likeness (QED) is 0.532. The van der Waals surface area contributed by atoms with Gasteiger partial charge in [-0.25, -0.2) is 9.18 Å². The van der Waals surface area contributed by atoms with E-state index in [1.807, 2.05) is 6.92 Å². The Kier molecular flexibility index (Phi) is 8.43. The topological polar surface area (TPSA) is 47.6 Å². The van der Waals surface area contributed by atoms with Crippen LogP contribution in [0.5, 0.6) is 5.75 Å². The standard InChI is InChI=1S/C16H24FNO3/c1-3-5-9-20-16(19)12-21-15-7-6-13(10-14(15)17)11-18-8-4-2/h6-7,10,18H,3-5,8-9,11-12H2,1-2H3. The summed E-state index contributed by atoms with van der Waals surface area (Å²) in [4.78, 5) is 11.4. The number of rotatable bonds is 10. The largest absolute Gasteiger partial charge is 0.479 e. The molecule has 0 spiro atoms. The summed E-state index contributed by atoms with van der Waals surface area (Å²) in [6, 6.07) is 4.74. The van der Waals surface area contributed by atoms with Crippen molar-refractivity contribution in [3.63, 3.8) is 0 Å². The van der Waals surface area contributed by atoms with Crippen molar-refractivity contribution >= 4 is 5.97 Å². The number of benzene rings is 1. The molecule has 0 radical (unpaired) electrons. The summed E-state index contributed by atoms with van der Waals surface area (Å²) in [5.41, 5.74) is 0.846. The highest BCUT2D eigenvalue weighted by molar-refractivity contribution is 5.71. The molecule has 1 aromatic carbocycles. The first kappa shape index (κ1) is 17.4. The van der Waals surface area contributed by atoms with Gasteiger partial charge in [-0.2, -0.15) is 0 Å². The lowest BCUT2D eigenvalue weighted by molar-refractivity contribution is -0.146. The van der Waals surface area contributed by atoms with Crippen LogP contribution < -0.4 is 10.1 Å². The van der Waals surface area contributed by atoms with Gasteiger partial charge in [0.1, 0.15) is 0 Å². The molecule has 0 bridgehead atoms. The highest BCUT2D eigenvalue weighted by Crippen LogP contribution is 2.18. The van der Waals surface area contributed by atoms with Crippen molar-refractivity contribution < 1.29 is 18.7 Å². The summed E-state index contributed by atoms with van der Waals surface area (Å²) in [6.45, 7) is 5.70. The van der Waals surface area contributed by atoms with Crippen LogP contribution in [0, 0.1) is 5.82 Å². The molecule has 1 N–H and O–H groups in total. The van der Waals surface area contributed by atoms with Crippen LogP contribution in [-0.4, -0.2) is 25.7 Å². The SMILES string of the molecule is CCCCOC(=O)COc1ccc(CNCCC)cc1F. The minimum atomic E-state index is -0.475. The molecule has 1 aromatic rings. The number of carbonyl (C=O) groups is 1. The van der Waals surface area contributed by atoms with Gasteiger partial charge in [-0.3, -0.25) is 0 Å². The summed E-state index contributed by atoms with van der Waals surface area (Å²) in [6.07, 6.45) is 2.81. The smallest absolute Gasteiger partial charge is 0.344 e. The number of unbranched alkanes of at least 4 members (excludes halogenated alkanes) is 1. The Balaban J connectivity index is 2.39. The third-order valence-corrected chi connectivity index (χ3v) is 2.86. The van der Waals surface area contributed by atoms with E-state index in [2.05, 4.69) is 12.2 Å². The summed E-state index contributed by atoms with van der Waals surface area (Å²) in [7, 11) is 0. The molecule has 0 aliphatic rings. The van der Waals surface area contributed by atoms with Crippen LogP contribution in [0.2, 0.25) is 0 Å². The van der Waals surface area contributed by atoms with Crippen LogP contribution in [0.15, 0.2) is 18.2 Å². The Hall–Kier alpha value is -1.62. The Bertz CT molecular complexity index is 438. The molecule has 1 rings (SSSR count). The molecule has 0 aliphatic heterocycles. The number of carbonyl (C=O) groups excluding carboxylic acids is 1. The van der Waals surface area contributed by atoms with E-state index in [0.717, 1.165) is 31.4 Å². The molecule has 5 heteroatoms. The van der Waals surface area contributed by atoms with Crippen molar-refractivity contribution in [2.45, 2.75) is 39.7 Å². The number of hydrogen-bond acceptors (Lipinski definition) is 4. The Labute approximate surface area is 125 Å². The van der Waals surface area contributed by atoms with Gasteiger partial charge < -0.3 is 14.8 Å². The van der Waals surface area contributed by atoms with Crippen molar-refractivity contribution in [3.8, 4) is 5.75 Å². The van der Waals surface area contributed by atoms with Crippen LogP contribution in [-0.2, 0) is 16.1 Å². The van der Waals surface area contributed by atoms with E-state index in [0.29, 0.717) is 13.2 Å². The first-order valence-electron chi connectivity index (χ1n) is 7.45. The molecule has 0 unspecified atom stereocenters. The lowest BCUT2D eigenvalue weighted by atomic mass is 10.2. The molecule has 0 amide bonds. The van der Waals surface area contributed by atoms with Gasteiger partial charge in [0.05, 0.1) is 6.61 Å². The molecule has 0 atom stereocenters. The first-order valence-corrected chi connectivity index (χ1v) is 7.45. The number of hydrogen-bond donors (Lipinski definition) is 1. The van der Waals surface area contributed by atoms with Gasteiger partial charge in [-0.05, 0) is 37.1 Å². The first-order chi connectivity index (χ1) is 10.2. The molecule has 0 saturated heterocycles. The van der Waals surface area contributed by atoms with Crippen LogP contribution in [0.25, 0.3) is 0 Å². The summed E-state index contributed by atoms with van der Waals surface area (Å²) < 4.78 is 23.9. The molecule has 4 nitrogen and oxygen atoms in total. The van der Waals surface area contributed by atoms with E-state index in [4.69, 9.17) is 9.47 Å². The van der Waals surface area contributed by atoms with Crippen molar-refractivity contribution in [2.75, 3.05) is 19.8 Å². The van der Waals surface area contributed by atoms with Gasteiger partial charge in [-0.15, -0.1) is 0 Å². The van der Waals surface area contributed by atoms with Gasteiger partial charge in [0, 0.05) is 6.54 Å². The van der Waals surface area contributed by atoms with Crippen LogP contribution >= 0.6 is 0 Å². The third-order valence-electron chi connectivity index (χ3n) is 2.86. The fourth-order valence-electron chi connectivity index (χ4n) is 1.69. The van der Waals surface area contributed by atoms with E-state index in [1.165, 1.54) is 12.1 Å². The van der Waals surface area contributed by atoms with Gasteiger partial charge in [0.2, 0.25) is 0 Å². The zero-order valence-electron chi connectivity index (χ0n) is 12.8. The van der Waals surface area contributed by atoms with Crippen LogP contribution in [0.3, 0.4) is 0 Å². The van der Waals surface area contributed by atoms with E-state index in [-0.39, 0.29) is 12.4 Å². The fourth-order valence-corrected chi connectivity index (χ4v) is 1.69. The Morgan fingerprint density at radius 1 is 1.29 bits per heavy atom. The summed E-state index contributed by atoms with van der Waals surface area (Å²) in [5.74, 6) is -0.870. The third kappa shape index (κ3) is 7.09. The summed E-state index contributed by atoms with van der Waals surface area (Å²) >= 11 is 0. The predicted octanol–water partition coefficient (Wildman–Crippen LogP) is 3.05. The van der Waals surface area contributed by atoms with E-state index < -0.39 is 11.8 Å². The molecule has 0 heterocycles. The zero-order valence-corrected chi connectivity index (χ0v) is 12.8. The van der Waals surface area contributed by atoms with Crippen LogP contribution in [0.4, 0.5) is 4.39 Å². The molecule has 21 heavy (non-hydrogen) atoms. The second-order valence-electron chi connectivity index (χ2n) is 4.80. The molecular formula is C16H24FNO3. The molecule has 0 aliphatic carbocycles. The van der Waals surface area contributed by atoms with Crippen molar-refractivity contribution in [1.82, 2.24) is 5.32 Å². The normalized spacial score (nSPS) is 10.4. The Morgan fingerprint density at radius 2 is 2.10 bits per heavy atom.